The molecule has 29 heteroatoms. The quantitative estimate of drug-likeness (QED) is 0.00463. The molecule has 1 fully saturated rings. The molecule has 1 aliphatic carbocycles. The Morgan fingerprint density at radius 1 is 0.978 bits per heavy atom. The van der Waals surface area contributed by atoms with Gasteiger partial charge in [-0.2, -0.15) is 0 Å². The molecule has 6 atom stereocenters. The third kappa shape index (κ3) is 20.1. The normalized spacial score (nSPS) is 16.0. The maximum absolute atomic E-state index is 14.3. The van der Waals surface area contributed by atoms with Gasteiger partial charge in [0.05, 0.1) is 37.8 Å². The standard InChI is InChI=1S/C62H76N11O17P/c1-8-64-48-31-50-46(28-38(48)4)58(47-29-39(5)49(65-9-2)32-51(47)89-50)44-19-11-12-20-45(44)61(78)72(7)25-15-21-54(74)67-23-24-68-59(76)41-16-13-18-43(30-41)86-37-56(70-71-63)85-27-26-83-36-55(75)66-22-14-17-42-34-73(62(79)69-60(42)77)57-33-52(88-40(6)84-10-3)53(90-57)35-87-91(80,81)82/h11-13,16,18-20,28-32,34,40,52-53,56-57,64H,8-10,15,21-27,33,35-37H2,1-7H3,(H,66,75)(H,67,74)(H,68,76)(H,69,77,79)(H2,80,81,82)/p-1/t40-,52?,53+,56?,57+/m0/s1. The Hall–Kier alpha value is -8.71. The second-order valence-electron chi connectivity index (χ2n) is 20.8. The predicted octanol–water partition coefficient (Wildman–Crippen LogP) is 5.17. The molecule has 3 aliphatic rings. The average molecular weight is 1280 g/mol. The summed E-state index contributed by atoms with van der Waals surface area (Å²) in [5.41, 5.74) is 14.2. The van der Waals surface area contributed by atoms with E-state index < -0.39 is 75.1 Å². The third-order valence-corrected chi connectivity index (χ3v) is 14.6. The summed E-state index contributed by atoms with van der Waals surface area (Å²) in [7, 11) is -3.40. The SMILES string of the molecule is CCN=c1cc2oc3cc(NCC)c(C)cc3c(-c3ccccc3C(=O)N(C)CCCC(=O)NCCNC(=O)c3cccc(OCC(N=[N+]=[N-])OCCOCC(=O)NCC#Cc4cn([C@H]5CC(O[C@@H](C)OCC)[C@@H](COP(=O)([O-])O)O5)c(=O)[nH]c4=O)c3)c-2cc1C. The van der Waals surface area contributed by atoms with E-state index in [2.05, 4.69) is 69.8 Å². The van der Waals surface area contributed by atoms with Gasteiger partial charge < -0.3 is 73.3 Å². The lowest BCUT2D eigenvalue weighted by molar-refractivity contribution is -0.224. The molecule has 0 bridgehead atoms. The molecule has 7 rings (SSSR count). The number of phosphoric ester groups is 1. The van der Waals surface area contributed by atoms with Crippen molar-refractivity contribution in [3.05, 3.63) is 143 Å². The molecule has 28 nitrogen and oxygen atoms in total. The zero-order valence-corrected chi connectivity index (χ0v) is 52.5. The number of nitrogens with one attached hydrogen (secondary N) is 5. The first-order valence-corrected chi connectivity index (χ1v) is 31.0. The maximum atomic E-state index is 14.3. The molecule has 0 spiro atoms. The van der Waals surface area contributed by atoms with Crippen molar-refractivity contribution >= 4 is 48.1 Å². The van der Waals surface area contributed by atoms with Gasteiger partial charge in [0.15, 0.2) is 12.5 Å². The van der Waals surface area contributed by atoms with E-state index in [1.54, 1.807) is 44.0 Å². The summed E-state index contributed by atoms with van der Waals surface area (Å²) < 4.78 is 57.1. The maximum Gasteiger partial charge on any atom is 0.330 e. The molecule has 0 radical (unpaired) electrons. The van der Waals surface area contributed by atoms with Gasteiger partial charge in [-0.15, -0.1) is 0 Å². The molecule has 3 aromatic carbocycles. The van der Waals surface area contributed by atoms with E-state index in [9.17, 15) is 38.2 Å². The minimum absolute atomic E-state index is 0.000114. The number of phosphoric acid groups is 1. The molecule has 1 aromatic heterocycles. The fourth-order valence-corrected chi connectivity index (χ4v) is 10.2. The molecule has 4 aromatic rings. The smallest absolute Gasteiger partial charge is 0.330 e. The first kappa shape index (κ1) is 69.8. The number of aromatic amines is 1. The minimum atomic E-state index is -5.12. The van der Waals surface area contributed by atoms with Crippen LogP contribution in [-0.4, -0.2) is 154 Å². The number of amides is 4. The first-order chi connectivity index (χ1) is 43.7. The monoisotopic (exact) mass is 1280 g/mol. The van der Waals surface area contributed by atoms with E-state index in [0.29, 0.717) is 43.0 Å². The van der Waals surface area contributed by atoms with Crippen LogP contribution in [0.4, 0.5) is 5.69 Å². The summed E-state index contributed by atoms with van der Waals surface area (Å²) in [6.07, 6.45) is -3.16. The molecule has 1 saturated heterocycles. The molecule has 0 saturated carbocycles. The van der Waals surface area contributed by atoms with Crippen molar-refractivity contribution in [1.82, 2.24) is 30.4 Å². The summed E-state index contributed by atoms with van der Waals surface area (Å²) in [5, 5.41) is 16.8. The van der Waals surface area contributed by atoms with Crippen LogP contribution in [0.2, 0.25) is 0 Å². The summed E-state index contributed by atoms with van der Waals surface area (Å²) in [6, 6.07) is 21.9. The highest BCUT2D eigenvalue weighted by atomic mass is 31.2. The number of benzene rings is 4. The van der Waals surface area contributed by atoms with Crippen molar-refractivity contribution in [2.45, 2.75) is 91.8 Å². The molecule has 486 valence electrons. The zero-order valence-electron chi connectivity index (χ0n) is 51.6. The van der Waals surface area contributed by atoms with Crippen molar-refractivity contribution in [3.63, 3.8) is 0 Å². The summed E-state index contributed by atoms with van der Waals surface area (Å²) in [5.74, 6) is 4.67. The molecule has 4 amide bonds. The number of carbonyl (C=O) groups excluding carboxylic acids is 4. The summed E-state index contributed by atoms with van der Waals surface area (Å²) in [6.45, 7) is 12.0. The summed E-state index contributed by atoms with van der Waals surface area (Å²) in [4.78, 5) is 110. The van der Waals surface area contributed by atoms with Gasteiger partial charge in [0.25, 0.3) is 25.2 Å². The van der Waals surface area contributed by atoms with Crippen LogP contribution >= 0.6 is 7.82 Å². The molecule has 2 aliphatic heterocycles. The Kier molecular flexibility index (Phi) is 26.0. The number of ether oxygens (including phenoxy) is 6. The number of azide groups is 1. The zero-order chi connectivity index (χ0) is 65.6. The lowest BCUT2D eigenvalue weighted by atomic mass is 9.89. The van der Waals surface area contributed by atoms with Crippen molar-refractivity contribution in [2.75, 3.05) is 91.3 Å². The number of H-pyrrole nitrogens is 1. The van der Waals surface area contributed by atoms with Gasteiger partial charge in [-0.3, -0.25) is 43.1 Å². The van der Waals surface area contributed by atoms with Gasteiger partial charge >= 0.3 is 5.69 Å². The van der Waals surface area contributed by atoms with E-state index in [-0.39, 0.29) is 81.0 Å². The van der Waals surface area contributed by atoms with Gasteiger partial charge in [-0.05, 0) is 107 Å². The van der Waals surface area contributed by atoms with Gasteiger partial charge in [-0.1, -0.05) is 41.2 Å². The fraction of sp³-hybridized carbons (Fsp3) is 0.435. The molecular formula is C62H75N11O17P-. The van der Waals surface area contributed by atoms with Crippen molar-refractivity contribution in [1.29, 1.82) is 0 Å². The number of carbonyl (C=O) groups is 4. The first-order valence-electron chi connectivity index (χ1n) is 29.5. The van der Waals surface area contributed by atoms with E-state index >= 15 is 0 Å². The number of nitrogens with zero attached hydrogens (tertiary/aromatic N) is 6. The van der Waals surface area contributed by atoms with E-state index in [4.69, 9.17) is 43.3 Å². The molecular weight excluding hydrogens is 1200 g/mol. The van der Waals surface area contributed by atoms with Crippen LogP contribution in [0.1, 0.15) is 90.6 Å². The number of hydrogen-bond acceptors (Lipinski definition) is 19. The van der Waals surface area contributed by atoms with Crippen molar-refractivity contribution < 1.29 is 70.9 Å². The number of hydrogen-bond donors (Lipinski definition) is 6. The van der Waals surface area contributed by atoms with E-state index in [1.807, 2.05) is 64.1 Å². The number of fused-ring (bicyclic) bond motifs is 2. The lowest BCUT2D eigenvalue weighted by Crippen LogP contribution is -2.35. The van der Waals surface area contributed by atoms with Crippen LogP contribution in [0.15, 0.2) is 103 Å². The Morgan fingerprint density at radius 2 is 1.77 bits per heavy atom. The number of aromatic nitrogens is 2. The second-order valence-corrected chi connectivity index (χ2v) is 22.0. The van der Waals surface area contributed by atoms with E-state index in [1.165, 1.54) is 6.07 Å². The Labute approximate surface area is 524 Å². The Bertz CT molecular complexity index is 3870. The number of aryl methyl sites for hydroxylation is 2. The van der Waals surface area contributed by atoms with Crippen molar-refractivity contribution in [3.8, 4) is 40.0 Å². The highest BCUT2D eigenvalue weighted by Crippen LogP contribution is 2.43. The third-order valence-electron chi connectivity index (χ3n) is 14.1. The Balaban J connectivity index is 0.806. The van der Waals surface area contributed by atoms with Gasteiger partial charge in [0.2, 0.25) is 11.8 Å². The second kappa shape index (κ2) is 33.9. The van der Waals surface area contributed by atoms with Gasteiger partial charge in [0.1, 0.15) is 48.2 Å². The molecule has 3 heterocycles. The lowest BCUT2D eigenvalue weighted by Gasteiger charge is -2.24. The van der Waals surface area contributed by atoms with Gasteiger partial charge in [-0.25, -0.2) is 4.79 Å². The topological polar surface area (TPSA) is 374 Å². The van der Waals surface area contributed by atoms with Crippen LogP contribution < -0.4 is 47.5 Å². The van der Waals surface area contributed by atoms with Crippen LogP contribution in [0, 0.1) is 25.7 Å². The van der Waals surface area contributed by atoms with Gasteiger partial charge in [0, 0.05) is 116 Å². The number of rotatable bonds is 32. The highest BCUT2D eigenvalue weighted by molar-refractivity contribution is 7.44. The largest absolute Gasteiger partial charge is 0.756 e. The predicted molar refractivity (Wildman–Crippen MR) is 333 cm³/mol. The average Bonchev–Trinajstić information content (AvgIpc) is 1.20. The highest BCUT2D eigenvalue weighted by Gasteiger charge is 2.39. The Morgan fingerprint density at radius 3 is 2.53 bits per heavy atom. The van der Waals surface area contributed by atoms with E-state index in [0.717, 1.165) is 61.6 Å². The fourth-order valence-electron chi connectivity index (χ4n) is 9.89. The van der Waals surface area contributed by atoms with Crippen molar-refractivity contribution in [2.24, 2.45) is 10.1 Å². The van der Waals surface area contributed by atoms with Crippen LogP contribution in [0.3, 0.4) is 0 Å². The molecule has 6 N–H and O–H groups in total. The van der Waals surface area contributed by atoms with Crippen LogP contribution in [-0.2, 0) is 42.4 Å². The minimum Gasteiger partial charge on any atom is -0.756 e. The van der Waals surface area contributed by atoms with Crippen LogP contribution in [0.5, 0.6) is 5.75 Å². The van der Waals surface area contributed by atoms with Crippen LogP contribution in [0.25, 0.3) is 43.9 Å². The molecule has 91 heavy (non-hydrogen) atoms. The number of anilines is 1. The summed E-state index contributed by atoms with van der Waals surface area (Å²) >= 11 is 0. The molecule has 3 unspecified atom stereocenters.